The van der Waals surface area contributed by atoms with Gasteiger partial charge in [0.05, 0.1) is 18.4 Å². The molecular formula is C17H17NO4S. The number of hydrogen-bond donors (Lipinski definition) is 3. The summed E-state index contributed by atoms with van der Waals surface area (Å²) in [5, 5.41) is 4.17. The van der Waals surface area contributed by atoms with Gasteiger partial charge < -0.3 is 10.1 Å². The minimum Gasteiger partial charge on any atom is -0.497 e. The molecule has 1 aliphatic rings. The summed E-state index contributed by atoms with van der Waals surface area (Å²) in [7, 11) is -1.28. The third kappa shape index (κ3) is 3.39. The normalized spacial score (nSPS) is 15.8. The van der Waals surface area contributed by atoms with Crippen molar-refractivity contribution in [3.63, 3.8) is 0 Å². The SMILES string of the molecule is COc1ccc(CC(=O)Nc2ccc3c(c2)S(O)(O)C=C3)cc1. The summed E-state index contributed by atoms with van der Waals surface area (Å²) in [5.74, 6) is 0.572. The molecule has 0 fully saturated rings. The minimum atomic E-state index is -2.88. The lowest BCUT2D eigenvalue weighted by atomic mass is 10.1. The van der Waals surface area contributed by atoms with Gasteiger partial charge in [-0.3, -0.25) is 13.9 Å². The van der Waals surface area contributed by atoms with Crippen LogP contribution >= 0.6 is 10.6 Å². The highest BCUT2D eigenvalue weighted by Gasteiger charge is 2.21. The van der Waals surface area contributed by atoms with Crippen LogP contribution in [0.5, 0.6) is 5.75 Å². The second-order valence-electron chi connectivity index (χ2n) is 5.22. The van der Waals surface area contributed by atoms with Crippen molar-refractivity contribution >= 4 is 28.3 Å². The lowest BCUT2D eigenvalue weighted by Crippen LogP contribution is -2.14. The van der Waals surface area contributed by atoms with Gasteiger partial charge in [0, 0.05) is 11.1 Å². The first kappa shape index (κ1) is 15.6. The Morgan fingerprint density at radius 1 is 1.17 bits per heavy atom. The van der Waals surface area contributed by atoms with E-state index in [-0.39, 0.29) is 12.3 Å². The number of benzene rings is 2. The van der Waals surface area contributed by atoms with E-state index in [0.717, 1.165) is 16.9 Å². The average Bonchev–Trinajstić information content (AvgIpc) is 2.83. The minimum absolute atomic E-state index is 0.169. The monoisotopic (exact) mass is 331 g/mol. The van der Waals surface area contributed by atoms with Crippen LogP contribution in [-0.4, -0.2) is 22.1 Å². The average molecular weight is 331 g/mol. The summed E-state index contributed by atoms with van der Waals surface area (Å²) in [6.45, 7) is 0. The molecule has 0 aliphatic carbocycles. The summed E-state index contributed by atoms with van der Waals surface area (Å²) in [4.78, 5) is 12.6. The maximum Gasteiger partial charge on any atom is 0.228 e. The molecule has 0 unspecified atom stereocenters. The van der Waals surface area contributed by atoms with E-state index in [1.807, 2.05) is 12.1 Å². The van der Waals surface area contributed by atoms with Crippen molar-refractivity contribution in [2.75, 3.05) is 12.4 Å². The molecule has 1 aliphatic heterocycles. The van der Waals surface area contributed by atoms with Crippen molar-refractivity contribution in [3.05, 3.63) is 59.0 Å². The quantitative estimate of drug-likeness (QED) is 0.792. The van der Waals surface area contributed by atoms with E-state index in [9.17, 15) is 13.9 Å². The van der Waals surface area contributed by atoms with Crippen LogP contribution in [0.4, 0.5) is 5.69 Å². The lowest BCUT2D eigenvalue weighted by molar-refractivity contribution is -0.115. The van der Waals surface area contributed by atoms with Crippen molar-refractivity contribution < 1.29 is 18.6 Å². The maximum atomic E-state index is 12.1. The molecule has 0 saturated carbocycles. The fourth-order valence-electron chi connectivity index (χ4n) is 2.39. The molecule has 120 valence electrons. The predicted molar refractivity (Wildman–Crippen MR) is 91.9 cm³/mol. The zero-order valence-electron chi connectivity index (χ0n) is 12.5. The van der Waals surface area contributed by atoms with Crippen molar-refractivity contribution in [3.8, 4) is 5.75 Å². The molecule has 0 bridgehead atoms. The highest BCUT2D eigenvalue weighted by molar-refractivity contribution is 8.27. The summed E-state index contributed by atoms with van der Waals surface area (Å²) >= 11 is 0. The molecule has 0 aromatic heterocycles. The van der Waals surface area contributed by atoms with Crippen LogP contribution in [0.15, 0.2) is 52.8 Å². The Morgan fingerprint density at radius 3 is 2.61 bits per heavy atom. The third-order valence-corrected chi connectivity index (χ3v) is 5.10. The van der Waals surface area contributed by atoms with E-state index in [1.54, 1.807) is 43.5 Å². The molecule has 2 aromatic rings. The van der Waals surface area contributed by atoms with Crippen LogP contribution in [-0.2, 0) is 11.2 Å². The van der Waals surface area contributed by atoms with Crippen molar-refractivity contribution in [1.82, 2.24) is 0 Å². The number of amides is 1. The van der Waals surface area contributed by atoms with Gasteiger partial charge in [0.25, 0.3) is 0 Å². The number of carbonyl (C=O) groups is 1. The number of carbonyl (C=O) groups excluding carboxylic acids is 1. The largest absolute Gasteiger partial charge is 0.497 e. The fourth-order valence-corrected chi connectivity index (χ4v) is 3.65. The second kappa shape index (κ2) is 6.08. The Bertz CT molecular complexity index is 769. The first-order valence-electron chi connectivity index (χ1n) is 7.01. The molecule has 6 heteroatoms. The summed E-state index contributed by atoms with van der Waals surface area (Å²) in [6.07, 6.45) is 1.91. The molecule has 3 rings (SSSR count). The Morgan fingerprint density at radius 2 is 1.91 bits per heavy atom. The second-order valence-corrected chi connectivity index (χ2v) is 7.12. The number of fused-ring (bicyclic) bond motifs is 1. The Kier molecular flexibility index (Phi) is 4.12. The van der Waals surface area contributed by atoms with E-state index in [4.69, 9.17) is 4.74 Å². The van der Waals surface area contributed by atoms with Gasteiger partial charge >= 0.3 is 0 Å². The summed E-state index contributed by atoms with van der Waals surface area (Å²) in [6, 6.07) is 12.4. The molecule has 23 heavy (non-hydrogen) atoms. The lowest BCUT2D eigenvalue weighted by Gasteiger charge is -2.25. The smallest absolute Gasteiger partial charge is 0.228 e. The van der Waals surface area contributed by atoms with Gasteiger partial charge in [0.2, 0.25) is 5.91 Å². The van der Waals surface area contributed by atoms with Crippen LogP contribution in [0.25, 0.3) is 6.08 Å². The standard InChI is InChI=1S/C17H17NO4S/c1-22-15-6-2-12(3-7-15)10-17(19)18-14-5-4-13-8-9-23(20,21)16(13)11-14/h2-9,11,20-21H,10H2,1H3,(H,18,19). The molecule has 5 nitrogen and oxygen atoms in total. The number of rotatable bonds is 4. The van der Waals surface area contributed by atoms with Gasteiger partial charge in [-0.25, -0.2) is 0 Å². The molecule has 1 amide bonds. The van der Waals surface area contributed by atoms with E-state index in [2.05, 4.69) is 5.32 Å². The number of nitrogens with one attached hydrogen (secondary N) is 1. The van der Waals surface area contributed by atoms with E-state index in [1.165, 1.54) is 5.41 Å². The molecule has 1 heterocycles. The number of ether oxygens (including phenoxy) is 1. The number of methoxy groups -OCH3 is 1. The van der Waals surface area contributed by atoms with Gasteiger partial charge in [0.15, 0.2) is 0 Å². The summed E-state index contributed by atoms with van der Waals surface area (Å²) < 4.78 is 24.9. The van der Waals surface area contributed by atoms with Crippen LogP contribution in [0.2, 0.25) is 0 Å². The molecule has 0 atom stereocenters. The molecule has 3 N–H and O–H groups in total. The molecule has 0 spiro atoms. The van der Waals surface area contributed by atoms with Crippen LogP contribution in [0.3, 0.4) is 0 Å². The highest BCUT2D eigenvalue weighted by Crippen LogP contribution is 2.56. The van der Waals surface area contributed by atoms with E-state index < -0.39 is 10.6 Å². The van der Waals surface area contributed by atoms with Gasteiger partial charge in [-0.15, -0.1) is 10.6 Å². The molecule has 0 saturated heterocycles. The van der Waals surface area contributed by atoms with Crippen molar-refractivity contribution in [2.45, 2.75) is 11.3 Å². The number of hydrogen-bond acceptors (Lipinski definition) is 4. The molecule has 0 radical (unpaired) electrons. The molecule has 2 aromatic carbocycles. The third-order valence-electron chi connectivity index (χ3n) is 3.58. The zero-order chi connectivity index (χ0) is 16.4. The van der Waals surface area contributed by atoms with Crippen molar-refractivity contribution in [1.29, 1.82) is 0 Å². The van der Waals surface area contributed by atoms with E-state index in [0.29, 0.717) is 10.6 Å². The predicted octanol–water partition coefficient (Wildman–Crippen LogP) is 3.97. The fraction of sp³-hybridized carbons (Fsp3) is 0.118. The van der Waals surface area contributed by atoms with Crippen molar-refractivity contribution in [2.24, 2.45) is 0 Å². The molecular weight excluding hydrogens is 314 g/mol. The van der Waals surface area contributed by atoms with E-state index >= 15 is 0 Å². The van der Waals surface area contributed by atoms with Gasteiger partial charge in [0.1, 0.15) is 5.75 Å². The van der Waals surface area contributed by atoms with Gasteiger partial charge in [-0.2, -0.15) is 0 Å². The Labute approximate surface area is 136 Å². The van der Waals surface area contributed by atoms with Crippen LogP contribution in [0, 0.1) is 0 Å². The first-order valence-corrected chi connectivity index (χ1v) is 8.62. The maximum absolute atomic E-state index is 12.1. The first-order chi connectivity index (χ1) is 11.0. The Balaban J connectivity index is 1.69. The van der Waals surface area contributed by atoms with Crippen LogP contribution in [0.1, 0.15) is 11.1 Å². The highest BCUT2D eigenvalue weighted by atomic mass is 32.3. The number of anilines is 1. The summed E-state index contributed by atoms with van der Waals surface area (Å²) in [5.41, 5.74) is 2.18. The van der Waals surface area contributed by atoms with Crippen LogP contribution < -0.4 is 10.1 Å². The van der Waals surface area contributed by atoms with Gasteiger partial charge in [-0.1, -0.05) is 18.2 Å². The Hall–Kier alpha value is -2.28. The van der Waals surface area contributed by atoms with Gasteiger partial charge in [-0.05, 0) is 41.5 Å². The topological polar surface area (TPSA) is 78.8 Å². The zero-order valence-corrected chi connectivity index (χ0v) is 13.3.